The monoisotopic (exact) mass is 348 g/mol. The van der Waals surface area contributed by atoms with Crippen LogP contribution in [0.4, 0.5) is 13.2 Å². The Morgan fingerprint density at radius 2 is 1.68 bits per heavy atom. The molecule has 1 unspecified atom stereocenters. The van der Waals surface area contributed by atoms with Crippen molar-refractivity contribution >= 4 is 5.57 Å². The molecule has 3 heteroatoms. The highest BCUT2D eigenvalue weighted by atomic mass is 19.4. The Kier molecular flexibility index (Phi) is 5.71. The Morgan fingerprint density at radius 1 is 1.00 bits per heavy atom. The summed E-state index contributed by atoms with van der Waals surface area (Å²) in [6, 6.07) is 5.50. The van der Waals surface area contributed by atoms with Gasteiger partial charge in [-0.1, -0.05) is 63.0 Å². The molecule has 25 heavy (non-hydrogen) atoms. The summed E-state index contributed by atoms with van der Waals surface area (Å²) in [4.78, 5) is 0. The smallest absolute Gasteiger partial charge is 0.166 e. The van der Waals surface area contributed by atoms with E-state index in [0.717, 1.165) is 29.4 Å². The van der Waals surface area contributed by atoms with E-state index in [4.69, 9.17) is 0 Å². The van der Waals surface area contributed by atoms with Gasteiger partial charge in [-0.05, 0) is 60.3 Å². The number of benzene rings is 1. The molecule has 1 saturated carbocycles. The predicted molar refractivity (Wildman–Crippen MR) is 97.0 cm³/mol. The third-order valence-corrected chi connectivity index (χ3v) is 5.87. The molecule has 1 aromatic carbocycles. The number of halogens is 3. The van der Waals surface area contributed by atoms with Gasteiger partial charge in [-0.15, -0.1) is 0 Å². The van der Waals surface area contributed by atoms with Crippen molar-refractivity contribution in [2.45, 2.75) is 58.0 Å². The van der Waals surface area contributed by atoms with E-state index >= 15 is 0 Å². The first kappa shape index (κ1) is 18.3. The van der Waals surface area contributed by atoms with E-state index in [9.17, 15) is 13.2 Å². The van der Waals surface area contributed by atoms with Crippen LogP contribution < -0.4 is 0 Å². The van der Waals surface area contributed by atoms with Crippen molar-refractivity contribution in [3.05, 3.63) is 53.6 Å². The molecule has 2 aliphatic carbocycles. The zero-order chi connectivity index (χ0) is 17.9. The molecule has 0 radical (unpaired) electrons. The molecule has 0 bridgehead atoms. The summed E-state index contributed by atoms with van der Waals surface area (Å²) in [6.45, 7) is 2.27. The van der Waals surface area contributed by atoms with E-state index in [2.05, 4.69) is 25.2 Å². The molecular formula is C22H27F3. The van der Waals surface area contributed by atoms with Gasteiger partial charge in [-0.25, -0.2) is 0 Å². The maximum Gasteiger partial charge on any atom is 0.416 e. The Labute approximate surface area is 148 Å². The van der Waals surface area contributed by atoms with Gasteiger partial charge in [0.15, 0.2) is 0 Å². The lowest BCUT2D eigenvalue weighted by atomic mass is 9.72. The molecule has 1 atom stereocenters. The predicted octanol–water partition coefficient (Wildman–Crippen LogP) is 7.27. The van der Waals surface area contributed by atoms with Gasteiger partial charge in [0, 0.05) is 0 Å². The molecule has 0 aromatic heterocycles. The maximum atomic E-state index is 12.7. The fourth-order valence-corrected chi connectivity index (χ4v) is 4.37. The fraction of sp³-hybridized carbons (Fsp3) is 0.545. The number of alkyl halides is 3. The van der Waals surface area contributed by atoms with Gasteiger partial charge >= 0.3 is 6.18 Å². The van der Waals surface area contributed by atoms with Crippen LogP contribution in [0, 0.1) is 17.8 Å². The summed E-state index contributed by atoms with van der Waals surface area (Å²) in [5, 5.41) is 0. The Bertz CT molecular complexity index is 614. The van der Waals surface area contributed by atoms with Crippen LogP contribution in [0.2, 0.25) is 0 Å². The minimum absolute atomic E-state index is 0.585. The van der Waals surface area contributed by atoms with Crippen molar-refractivity contribution in [1.29, 1.82) is 0 Å². The molecule has 136 valence electrons. The fourth-order valence-electron chi connectivity index (χ4n) is 4.37. The summed E-state index contributed by atoms with van der Waals surface area (Å²) < 4.78 is 38.0. The van der Waals surface area contributed by atoms with E-state index in [0.29, 0.717) is 5.92 Å². The van der Waals surface area contributed by atoms with Crippen molar-refractivity contribution in [1.82, 2.24) is 0 Å². The van der Waals surface area contributed by atoms with E-state index in [-0.39, 0.29) is 0 Å². The first-order valence-electron chi connectivity index (χ1n) is 9.53. The highest BCUT2D eigenvalue weighted by molar-refractivity contribution is 5.75. The van der Waals surface area contributed by atoms with E-state index in [1.54, 1.807) is 12.1 Å². The van der Waals surface area contributed by atoms with E-state index in [1.165, 1.54) is 50.7 Å². The topological polar surface area (TPSA) is 0 Å². The minimum Gasteiger partial charge on any atom is -0.166 e. The van der Waals surface area contributed by atoms with Gasteiger partial charge in [-0.3, -0.25) is 0 Å². The lowest BCUT2D eigenvalue weighted by Crippen LogP contribution is -2.21. The molecule has 1 fully saturated rings. The first-order chi connectivity index (χ1) is 12.0. The molecular weight excluding hydrogens is 321 g/mol. The molecule has 0 saturated heterocycles. The maximum absolute atomic E-state index is 12.7. The van der Waals surface area contributed by atoms with Gasteiger partial charge in [0.25, 0.3) is 0 Å². The van der Waals surface area contributed by atoms with Crippen LogP contribution in [0.5, 0.6) is 0 Å². The lowest BCUT2D eigenvalue weighted by Gasteiger charge is -2.33. The lowest BCUT2D eigenvalue weighted by molar-refractivity contribution is -0.137. The number of allylic oxidation sites excluding steroid dienone is 4. The van der Waals surface area contributed by atoms with Crippen molar-refractivity contribution in [3.63, 3.8) is 0 Å². The first-order valence-corrected chi connectivity index (χ1v) is 9.53. The summed E-state index contributed by atoms with van der Waals surface area (Å²) in [7, 11) is 0. The normalized spacial score (nSPS) is 27.2. The molecule has 0 heterocycles. The molecule has 2 aliphatic rings. The Hall–Kier alpha value is -1.51. The zero-order valence-corrected chi connectivity index (χ0v) is 14.9. The van der Waals surface area contributed by atoms with Gasteiger partial charge < -0.3 is 0 Å². The minimum atomic E-state index is -4.27. The van der Waals surface area contributed by atoms with Crippen molar-refractivity contribution in [3.8, 4) is 0 Å². The van der Waals surface area contributed by atoms with E-state index in [1.807, 2.05) is 0 Å². The van der Waals surface area contributed by atoms with Crippen LogP contribution in [0.3, 0.4) is 0 Å². The SMILES string of the molecule is CCCC1CCC(C2C=CC(c3ccc(C(F)(F)F)cc3)=CC2)CC1. The summed E-state index contributed by atoms with van der Waals surface area (Å²) >= 11 is 0. The standard InChI is InChI=1S/C22H27F3/c1-2-3-16-4-6-17(7-5-16)18-8-10-19(11-9-18)20-12-14-21(15-13-20)22(23,24)25/h8,10-18H,2-7,9H2,1H3. The molecule has 0 amide bonds. The van der Waals surface area contributed by atoms with Crippen LogP contribution in [-0.2, 0) is 6.18 Å². The molecule has 0 nitrogen and oxygen atoms in total. The molecule has 0 aliphatic heterocycles. The van der Waals surface area contributed by atoms with Crippen LogP contribution in [0.25, 0.3) is 5.57 Å². The van der Waals surface area contributed by atoms with E-state index < -0.39 is 11.7 Å². The Morgan fingerprint density at radius 3 is 2.20 bits per heavy atom. The van der Waals surface area contributed by atoms with Gasteiger partial charge in [0.1, 0.15) is 0 Å². The second-order valence-corrected chi connectivity index (χ2v) is 7.56. The summed E-state index contributed by atoms with van der Waals surface area (Å²) in [5.74, 6) is 2.29. The second kappa shape index (κ2) is 7.80. The molecule has 0 N–H and O–H groups in total. The molecule has 0 spiro atoms. The van der Waals surface area contributed by atoms with Crippen molar-refractivity contribution < 1.29 is 13.2 Å². The van der Waals surface area contributed by atoms with Crippen LogP contribution in [-0.4, -0.2) is 0 Å². The third kappa shape index (κ3) is 4.56. The van der Waals surface area contributed by atoms with Crippen LogP contribution >= 0.6 is 0 Å². The molecule has 3 rings (SSSR count). The van der Waals surface area contributed by atoms with Gasteiger partial charge in [-0.2, -0.15) is 13.2 Å². The van der Waals surface area contributed by atoms with Crippen LogP contribution in [0.1, 0.15) is 63.0 Å². The third-order valence-electron chi connectivity index (χ3n) is 5.87. The highest BCUT2D eigenvalue weighted by Gasteiger charge is 2.30. The average Bonchev–Trinajstić information content (AvgIpc) is 2.62. The van der Waals surface area contributed by atoms with Crippen LogP contribution in [0.15, 0.2) is 42.5 Å². The average molecular weight is 348 g/mol. The van der Waals surface area contributed by atoms with Crippen molar-refractivity contribution in [2.75, 3.05) is 0 Å². The second-order valence-electron chi connectivity index (χ2n) is 7.56. The number of hydrogen-bond donors (Lipinski definition) is 0. The zero-order valence-electron chi connectivity index (χ0n) is 14.9. The quantitative estimate of drug-likeness (QED) is 0.536. The largest absolute Gasteiger partial charge is 0.416 e. The van der Waals surface area contributed by atoms with Gasteiger partial charge in [0.05, 0.1) is 5.56 Å². The molecule has 1 aromatic rings. The van der Waals surface area contributed by atoms with Crippen molar-refractivity contribution in [2.24, 2.45) is 17.8 Å². The summed E-state index contributed by atoms with van der Waals surface area (Å²) in [5.41, 5.74) is 1.33. The Balaban J connectivity index is 1.57. The number of hydrogen-bond acceptors (Lipinski definition) is 0. The summed E-state index contributed by atoms with van der Waals surface area (Å²) in [6.07, 6.45) is 11.4. The number of rotatable bonds is 4. The highest BCUT2D eigenvalue weighted by Crippen LogP contribution is 2.39. The van der Waals surface area contributed by atoms with Gasteiger partial charge in [0.2, 0.25) is 0 Å².